The molecule has 0 N–H and O–H groups in total. The van der Waals surface area contributed by atoms with Gasteiger partial charge in [-0.05, 0) is 63.9 Å². The van der Waals surface area contributed by atoms with Gasteiger partial charge in [0.25, 0.3) is 0 Å². The Morgan fingerprint density at radius 3 is 2.29 bits per heavy atom. The number of ketones is 1. The van der Waals surface area contributed by atoms with Gasteiger partial charge in [0.15, 0.2) is 18.1 Å². The van der Waals surface area contributed by atoms with Crippen LogP contribution in [-0.2, 0) is 29.0 Å². The van der Waals surface area contributed by atoms with Crippen LogP contribution < -0.4 is 9.47 Å². The second-order valence-corrected chi connectivity index (χ2v) is 8.36. The van der Waals surface area contributed by atoms with Gasteiger partial charge in [-0.2, -0.15) is 5.10 Å². The van der Waals surface area contributed by atoms with Crippen LogP contribution in [0.3, 0.4) is 0 Å². The molecule has 0 aliphatic rings. The number of hydrogen-bond acceptors (Lipinski definition) is 6. The summed E-state index contributed by atoms with van der Waals surface area (Å²) in [7, 11) is 3.23. The molecule has 0 aliphatic heterocycles. The van der Waals surface area contributed by atoms with Crippen molar-refractivity contribution in [3.63, 3.8) is 0 Å². The molecule has 2 aromatic heterocycles. The zero-order valence-corrected chi connectivity index (χ0v) is 20.8. The first-order valence-corrected chi connectivity index (χ1v) is 11.3. The number of carbonyl (C=O) groups is 2. The third kappa shape index (κ3) is 5.87. The minimum atomic E-state index is -0.414. The molecule has 0 saturated heterocycles. The smallest absolute Gasteiger partial charge is 0.308 e. The van der Waals surface area contributed by atoms with Crippen molar-refractivity contribution < 1.29 is 23.8 Å². The number of hydrogen-bond donors (Lipinski definition) is 0. The van der Waals surface area contributed by atoms with Gasteiger partial charge in [0.1, 0.15) is 0 Å². The van der Waals surface area contributed by atoms with Crippen LogP contribution >= 0.6 is 0 Å². The van der Waals surface area contributed by atoms with E-state index in [0.29, 0.717) is 30.2 Å². The molecule has 2 heterocycles. The van der Waals surface area contributed by atoms with Crippen LogP contribution in [0, 0.1) is 27.7 Å². The lowest BCUT2D eigenvalue weighted by Gasteiger charge is -2.12. The Labute approximate surface area is 200 Å². The maximum atomic E-state index is 12.8. The van der Waals surface area contributed by atoms with Crippen molar-refractivity contribution in [2.24, 2.45) is 0 Å². The van der Waals surface area contributed by atoms with E-state index in [2.05, 4.69) is 9.67 Å². The molecular weight excluding hydrogens is 434 g/mol. The van der Waals surface area contributed by atoms with E-state index in [4.69, 9.17) is 14.2 Å². The SMILES string of the molecule is COc1ccc(CCn2c(C)cc(C(=O)COC(=O)CCn3nc(C)cc3C)c2C)cc1OC. The molecule has 0 fully saturated rings. The Kier molecular flexibility index (Phi) is 8.15. The number of methoxy groups -OCH3 is 2. The van der Waals surface area contributed by atoms with Crippen molar-refractivity contribution in [2.45, 2.75) is 53.6 Å². The Hall–Kier alpha value is -3.55. The fourth-order valence-electron chi connectivity index (χ4n) is 4.10. The second-order valence-electron chi connectivity index (χ2n) is 8.36. The summed E-state index contributed by atoms with van der Waals surface area (Å²) in [5.41, 5.74) is 5.43. The highest BCUT2D eigenvalue weighted by atomic mass is 16.5. The summed E-state index contributed by atoms with van der Waals surface area (Å²) in [4.78, 5) is 24.9. The average Bonchev–Trinajstić information content (AvgIpc) is 3.30. The lowest BCUT2D eigenvalue weighted by Crippen LogP contribution is -2.17. The van der Waals surface area contributed by atoms with Crippen LogP contribution in [0.2, 0.25) is 0 Å². The first kappa shape index (κ1) is 25.1. The molecule has 34 heavy (non-hydrogen) atoms. The Morgan fingerprint density at radius 1 is 0.912 bits per heavy atom. The maximum absolute atomic E-state index is 12.8. The summed E-state index contributed by atoms with van der Waals surface area (Å²) in [6, 6.07) is 9.67. The van der Waals surface area contributed by atoms with Crippen molar-refractivity contribution in [2.75, 3.05) is 20.8 Å². The minimum Gasteiger partial charge on any atom is -0.493 e. The molecule has 8 nitrogen and oxygen atoms in total. The molecule has 3 aromatic rings. The minimum absolute atomic E-state index is 0.166. The number of ether oxygens (including phenoxy) is 3. The molecule has 0 amide bonds. The van der Waals surface area contributed by atoms with Crippen LogP contribution in [0.4, 0.5) is 0 Å². The number of aryl methyl sites for hydroxylation is 5. The van der Waals surface area contributed by atoms with E-state index < -0.39 is 5.97 Å². The van der Waals surface area contributed by atoms with Gasteiger partial charge >= 0.3 is 5.97 Å². The van der Waals surface area contributed by atoms with Crippen molar-refractivity contribution in [1.82, 2.24) is 14.3 Å². The highest BCUT2D eigenvalue weighted by molar-refractivity contribution is 5.99. The Balaban J connectivity index is 1.57. The summed E-state index contributed by atoms with van der Waals surface area (Å²) >= 11 is 0. The highest BCUT2D eigenvalue weighted by Gasteiger charge is 2.18. The van der Waals surface area contributed by atoms with Crippen LogP contribution in [0.5, 0.6) is 11.5 Å². The molecular formula is C26H33N3O5. The van der Waals surface area contributed by atoms with Gasteiger partial charge in [0.2, 0.25) is 5.78 Å². The predicted molar refractivity (Wildman–Crippen MR) is 129 cm³/mol. The Bertz CT molecular complexity index is 1180. The van der Waals surface area contributed by atoms with E-state index in [-0.39, 0.29) is 18.8 Å². The van der Waals surface area contributed by atoms with Crippen LogP contribution in [0.25, 0.3) is 0 Å². The largest absolute Gasteiger partial charge is 0.493 e. The molecule has 0 saturated carbocycles. The molecule has 1 aromatic carbocycles. The maximum Gasteiger partial charge on any atom is 0.308 e. The third-order valence-electron chi connectivity index (χ3n) is 5.94. The molecule has 8 heteroatoms. The van der Waals surface area contributed by atoms with Crippen LogP contribution in [-0.4, -0.2) is 46.9 Å². The van der Waals surface area contributed by atoms with Gasteiger partial charge in [0, 0.05) is 29.2 Å². The molecule has 0 atom stereocenters. The predicted octanol–water partition coefficient (Wildman–Crippen LogP) is 3.99. The number of nitrogens with zero attached hydrogens (tertiary/aromatic N) is 3. The Morgan fingerprint density at radius 2 is 1.65 bits per heavy atom. The number of carbonyl (C=O) groups excluding carboxylic acids is 2. The quantitative estimate of drug-likeness (QED) is 0.313. The number of rotatable bonds is 11. The van der Waals surface area contributed by atoms with Gasteiger partial charge in [-0.1, -0.05) is 6.07 Å². The topological polar surface area (TPSA) is 84.6 Å². The summed E-state index contributed by atoms with van der Waals surface area (Å²) in [5, 5.41) is 4.33. The number of benzene rings is 1. The van der Waals surface area contributed by atoms with Crippen molar-refractivity contribution in [3.8, 4) is 11.5 Å². The lowest BCUT2D eigenvalue weighted by atomic mass is 10.1. The number of Topliss-reactive ketones (excluding diaryl/α,β-unsaturated/α-hetero) is 1. The fraction of sp³-hybridized carbons (Fsp3) is 0.423. The van der Waals surface area contributed by atoms with E-state index in [1.165, 1.54) is 0 Å². The van der Waals surface area contributed by atoms with E-state index >= 15 is 0 Å². The average molecular weight is 468 g/mol. The third-order valence-corrected chi connectivity index (χ3v) is 5.94. The molecule has 0 radical (unpaired) electrons. The van der Waals surface area contributed by atoms with Crippen LogP contribution in [0.1, 0.15) is 45.1 Å². The van der Waals surface area contributed by atoms with Crippen molar-refractivity contribution in [3.05, 3.63) is 64.2 Å². The van der Waals surface area contributed by atoms with Gasteiger partial charge in [-0.3, -0.25) is 14.3 Å². The van der Waals surface area contributed by atoms with Crippen molar-refractivity contribution in [1.29, 1.82) is 0 Å². The highest BCUT2D eigenvalue weighted by Crippen LogP contribution is 2.28. The standard InChI is InChI=1S/C26H33N3O5/c1-17-13-19(3)29(27-17)12-10-26(31)34-16-23(30)22-14-18(2)28(20(22)4)11-9-21-7-8-24(32-5)25(15-21)33-6/h7-8,13-15H,9-12,16H2,1-6H3. The van der Waals surface area contributed by atoms with E-state index in [1.54, 1.807) is 18.9 Å². The normalized spacial score (nSPS) is 10.9. The number of esters is 1. The summed E-state index contributed by atoms with van der Waals surface area (Å²) in [6.07, 6.45) is 0.936. The summed E-state index contributed by atoms with van der Waals surface area (Å²) in [6.45, 7) is 8.61. The monoisotopic (exact) mass is 467 g/mol. The fourth-order valence-corrected chi connectivity index (χ4v) is 4.10. The van der Waals surface area contributed by atoms with Crippen LogP contribution in [0.15, 0.2) is 30.3 Å². The lowest BCUT2D eigenvalue weighted by molar-refractivity contribution is -0.142. The molecule has 0 bridgehead atoms. The molecule has 0 unspecified atom stereocenters. The van der Waals surface area contributed by atoms with Gasteiger partial charge in [0.05, 0.1) is 32.9 Å². The van der Waals surface area contributed by atoms with Gasteiger partial charge in [-0.15, -0.1) is 0 Å². The first-order chi connectivity index (χ1) is 16.2. The summed E-state index contributed by atoms with van der Waals surface area (Å²) < 4.78 is 19.8. The van der Waals surface area contributed by atoms with Gasteiger partial charge in [-0.25, -0.2) is 0 Å². The number of aromatic nitrogens is 3. The van der Waals surface area contributed by atoms with Crippen molar-refractivity contribution >= 4 is 11.8 Å². The molecule has 182 valence electrons. The molecule has 0 aliphatic carbocycles. The zero-order valence-electron chi connectivity index (χ0n) is 20.8. The first-order valence-electron chi connectivity index (χ1n) is 11.3. The van der Waals surface area contributed by atoms with Gasteiger partial charge < -0.3 is 18.8 Å². The van der Waals surface area contributed by atoms with E-state index in [1.807, 2.05) is 58.0 Å². The molecule has 0 spiro atoms. The zero-order chi connectivity index (χ0) is 24.8. The summed E-state index contributed by atoms with van der Waals surface area (Å²) in [5.74, 6) is 0.765. The second kappa shape index (κ2) is 11.0. The van der Waals surface area contributed by atoms with E-state index in [9.17, 15) is 9.59 Å². The van der Waals surface area contributed by atoms with E-state index in [0.717, 1.165) is 34.8 Å². The molecule has 3 rings (SSSR count).